The van der Waals surface area contributed by atoms with Crippen LogP contribution in [-0.2, 0) is 14.3 Å². The predicted molar refractivity (Wildman–Crippen MR) is 86.2 cm³/mol. The third-order valence-corrected chi connectivity index (χ3v) is 4.18. The molecule has 0 spiro atoms. The number of ether oxygens (including phenoxy) is 1. The summed E-state index contributed by atoms with van der Waals surface area (Å²) in [5.74, 6) is 0.0864. The molecule has 0 aromatic heterocycles. The van der Waals surface area contributed by atoms with E-state index in [-0.39, 0.29) is 36.7 Å². The van der Waals surface area contributed by atoms with E-state index in [1.165, 1.54) is 0 Å². The largest absolute Gasteiger partial charge is 0.383 e. The fourth-order valence-corrected chi connectivity index (χ4v) is 2.73. The van der Waals surface area contributed by atoms with Crippen LogP contribution in [0.1, 0.15) is 6.42 Å². The summed E-state index contributed by atoms with van der Waals surface area (Å²) in [6, 6.07) is -0.386. The molecule has 2 heterocycles. The maximum atomic E-state index is 12.3. The summed E-state index contributed by atoms with van der Waals surface area (Å²) in [7, 11) is 3.68. The van der Waals surface area contributed by atoms with E-state index in [0.717, 1.165) is 32.7 Å². The number of carbonyl (C=O) groups excluding carboxylic acids is 2. The molecule has 1 N–H and O–H groups in total. The first-order chi connectivity index (χ1) is 10.1. The molecule has 0 radical (unpaired) electrons. The highest BCUT2D eigenvalue weighted by Crippen LogP contribution is 2.09. The highest BCUT2D eigenvalue weighted by Gasteiger charge is 2.31. The molecule has 1 atom stereocenters. The minimum absolute atomic E-state index is 0. The summed E-state index contributed by atoms with van der Waals surface area (Å²) in [5.41, 5.74) is 0. The first-order valence-electron chi connectivity index (χ1n) is 7.59. The second-order valence-electron chi connectivity index (χ2n) is 5.71. The molecule has 0 saturated carbocycles. The summed E-state index contributed by atoms with van der Waals surface area (Å²) >= 11 is 0. The van der Waals surface area contributed by atoms with Crippen LogP contribution in [0, 0.1) is 0 Å². The predicted octanol–water partition coefficient (Wildman–Crippen LogP) is -0.981. The van der Waals surface area contributed by atoms with Crippen LogP contribution in [0.4, 0.5) is 0 Å². The summed E-state index contributed by atoms with van der Waals surface area (Å²) < 4.78 is 5.02. The first kappa shape index (κ1) is 19.2. The van der Waals surface area contributed by atoms with Crippen molar-refractivity contribution in [3.8, 4) is 0 Å². The van der Waals surface area contributed by atoms with Gasteiger partial charge in [0, 0.05) is 52.9 Å². The first-order valence-corrected chi connectivity index (χ1v) is 7.59. The van der Waals surface area contributed by atoms with Gasteiger partial charge in [-0.2, -0.15) is 0 Å². The van der Waals surface area contributed by atoms with Crippen molar-refractivity contribution >= 4 is 24.2 Å². The smallest absolute Gasteiger partial charge is 0.240 e. The number of rotatable bonds is 5. The zero-order valence-corrected chi connectivity index (χ0v) is 14.2. The van der Waals surface area contributed by atoms with Crippen molar-refractivity contribution in [3.63, 3.8) is 0 Å². The van der Waals surface area contributed by atoms with Crippen LogP contribution >= 0.6 is 12.4 Å². The molecule has 2 aliphatic heterocycles. The molecule has 22 heavy (non-hydrogen) atoms. The number of nitrogens with one attached hydrogen (secondary N) is 1. The van der Waals surface area contributed by atoms with E-state index in [4.69, 9.17) is 4.74 Å². The van der Waals surface area contributed by atoms with Gasteiger partial charge in [0.15, 0.2) is 0 Å². The van der Waals surface area contributed by atoms with Crippen LogP contribution in [0.25, 0.3) is 0 Å². The minimum Gasteiger partial charge on any atom is -0.383 e. The lowest BCUT2D eigenvalue weighted by atomic mass is 10.1. The number of methoxy groups -OCH3 is 1. The lowest BCUT2D eigenvalue weighted by Gasteiger charge is -2.36. The molecule has 8 heteroatoms. The van der Waals surface area contributed by atoms with Gasteiger partial charge in [0.25, 0.3) is 0 Å². The third-order valence-electron chi connectivity index (χ3n) is 4.18. The molecule has 1 unspecified atom stereocenters. The molecule has 0 aromatic rings. The molecule has 0 aliphatic carbocycles. The molecule has 2 saturated heterocycles. The highest BCUT2D eigenvalue weighted by atomic mass is 35.5. The van der Waals surface area contributed by atoms with Crippen LogP contribution in [0.15, 0.2) is 0 Å². The Bertz CT molecular complexity index is 375. The number of hydrogen-bond acceptors (Lipinski definition) is 5. The van der Waals surface area contributed by atoms with Gasteiger partial charge >= 0.3 is 0 Å². The average Bonchev–Trinajstić information content (AvgIpc) is 2.49. The van der Waals surface area contributed by atoms with Gasteiger partial charge in [-0.05, 0) is 7.05 Å². The van der Waals surface area contributed by atoms with Gasteiger partial charge in [0.2, 0.25) is 11.8 Å². The van der Waals surface area contributed by atoms with Gasteiger partial charge < -0.3 is 24.8 Å². The number of amides is 2. The fourth-order valence-electron chi connectivity index (χ4n) is 2.73. The van der Waals surface area contributed by atoms with Crippen LogP contribution in [0.3, 0.4) is 0 Å². The van der Waals surface area contributed by atoms with Gasteiger partial charge in [-0.25, -0.2) is 0 Å². The Hall–Kier alpha value is -0.890. The van der Waals surface area contributed by atoms with Crippen molar-refractivity contribution in [1.29, 1.82) is 0 Å². The SMILES string of the molecule is COCCN1CCNC(CC(=O)N2CCN(C)CC2)C1=O.Cl. The normalized spacial score (nSPS) is 23.4. The number of nitrogens with zero attached hydrogens (tertiary/aromatic N) is 3. The van der Waals surface area contributed by atoms with E-state index in [9.17, 15) is 9.59 Å². The molecule has 7 nitrogen and oxygen atoms in total. The van der Waals surface area contributed by atoms with E-state index >= 15 is 0 Å². The number of carbonyl (C=O) groups is 2. The van der Waals surface area contributed by atoms with E-state index in [1.807, 2.05) is 4.90 Å². The zero-order valence-electron chi connectivity index (χ0n) is 13.4. The molecule has 2 amide bonds. The minimum atomic E-state index is -0.386. The molecular weight excluding hydrogens is 308 g/mol. The maximum Gasteiger partial charge on any atom is 0.240 e. The molecular formula is C14H27ClN4O3. The molecule has 2 aliphatic rings. The second-order valence-corrected chi connectivity index (χ2v) is 5.71. The quantitative estimate of drug-likeness (QED) is 0.700. The van der Waals surface area contributed by atoms with Crippen LogP contribution in [0.5, 0.6) is 0 Å². The van der Waals surface area contributed by atoms with Crippen molar-refractivity contribution < 1.29 is 14.3 Å². The Morgan fingerprint density at radius 2 is 1.95 bits per heavy atom. The van der Waals surface area contributed by atoms with Gasteiger partial charge in [0.1, 0.15) is 0 Å². The standard InChI is InChI=1S/C14H26N4O3.ClH/c1-16-5-7-17(8-6-16)13(19)11-12-14(20)18(4-3-15-12)9-10-21-2;/h12,15H,3-11H2,1-2H3;1H. The van der Waals surface area contributed by atoms with E-state index in [0.29, 0.717) is 19.7 Å². The van der Waals surface area contributed by atoms with Gasteiger partial charge in [-0.15, -0.1) is 12.4 Å². The summed E-state index contributed by atoms with van der Waals surface area (Å²) in [4.78, 5) is 30.5. The van der Waals surface area contributed by atoms with E-state index < -0.39 is 0 Å². The summed E-state index contributed by atoms with van der Waals surface area (Å²) in [6.07, 6.45) is 0.256. The molecule has 0 aromatic carbocycles. The molecule has 2 rings (SSSR count). The van der Waals surface area contributed by atoms with E-state index in [1.54, 1.807) is 12.0 Å². The molecule has 2 fully saturated rings. The Balaban J connectivity index is 0.00000242. The lowest BCUT2D eigenvalue weighted by molar-refractivity contribution is -0.142. The summed E-state index contributed by atoms with van der Waals surface area (Å²) in [5, 5.41) is 3.16. The van der Waals surface area contributed by atoms with Gasteiger partial charge in [-0.3, -0.25) is 9.59 Å². The van der Waals surface area contributed by atoms with Crippen molar-refractivity contribution in [2.75, 3.05) is 66.6 Å². The van der Waals surface area contributed by atoms with Crippen molar-refractivity contribution in [1.82, 2.24) is 20.0 Å². The van der Waals surface area contributed by atoms with Gasteiger partial charge in [0.05, 0.1) is 19.1 Å². The van der Waals surface area contributed by atoms with Gasteiger partial charge in [-0.1, -0.05) is 0 Å². The lowest BCUT2D eigenvalue weighted by Crippen LogP contribution is -2.57. The van der Waals surface area contributed by atoms with Crippen molar-refractivity contribution in [2.24, 2.45) is 0 Å². The Morgan fingerprint density at radius 1 is 1.27 bits per heavy atom. The van der Waals surface area contributed by atoms with Crippen LogP contribution in [0.2, 0.25) is 0 Å². The molecule has 128 valence electrons. The Kier molecular flexibility index (Phi) is 8.09. The average molecular weight is 335 g/mol. The second kappa shape index (κ2) is 9.29. The zero-order chi connectivity index (χ0) is 15.2. The van der Waals surface area contributed by atoms with E-state index in [2.05, 4.69) is 17.3 Å². The third kappa shape index (κ3) is 5.08. The highest BCUT2D eigenvalue weighted by molar-refractivity contribution is 5.89. The topological polar surface area (TPSA) is 65.1 Å². The number of likely N-dealkylation sites (N-methyl/N-ethyl adjacent to an activating group) is 1. The number of piperazine rings is 2. The molecule has 0 bridgehead atoms. The van der Waals surface area contributed by atoms with Crippen molar-refractivity contribution in [3.05, 3.63) is 0 Å². The van der Waals surface area contributed by atoms with Crippen LogP contribution in [-0.4, -0.2) is 99.1 Å². The Labute approximate surface area is 138 Å². The summed E-state index contributed by atoms with van der Waals surface area (Å²) in [6.45, 7) is 5.85. The van der Waals surface area contributed by atoms with Crippen LogP contribution < -0.4 is 5.32 Å². The maximum absolute atomic E-state index is 12.3. The monoisotopic (exact) mass is 334 g/mol. The fraction of sp³-hybridized carbons (Fsp3) is 0.857. The number of halogens is 1. The number of hydrogen-bond donors (Lipinski definition) is 1. The Morgan fingerprint density at radius 3 is 2.59 bits per heavy atom. The van der Waals surface area contributed by atoms with Crippen molar-refractivity contribution in [2.45, 2.75) is 12.5 Å².